The van der Waals surface area contributed by atoms with Crippen LogP contribution in [0.2, 0.25) is 5.02 Å². The maximum absolute atomic E-state index is 13.1. The van der Waals surface area contributed by atoms with E-state index in [0.717, 1.165) is 27.2 Å². The van der Waals surface area contributed by atoms with Crippen molar-refractivity contribution < 1.29 is 18.4 Å². The molecule has 150 valence electrons. The first-order valence-electron chi connectivity index (χ1n) is 8.60. The second kappa shape index (κ2) is 9.11. The Morgan fingerprint density at radius 2 is 1.83 bits per heavy atom. The van der Waals surface area contributed by atoms with Crippen molar-refractivity contribution in [3.63, 3.8) is 0 Å². The Balaban J connectivity index is 1.54. The van der Waals surface area contributed by atoms with Gasteiger partial charge >= 0.3 is 11.8 Å². The SMILES string of the molecule is Cc1nc(-c2ccc(F)cc2)sc1CCNC(=O)C(=O)Nc1ccc(F)c(Cl)c1. The smallest absolute Gasteiger partial charge is 0.313 e. The number of anilines is 1. The van der Waals surface area contributed by atoms with E-state index in [0.29, 0.717) is 6.42 Å². The van der Waals surface area contributed by atoms with E-state index in [1.54, 1.807) is 12.1 Å². The predicted octanol–water partition coefficient (Wildman–Crippen LogP) is 4.35. The first-order valence-corrected chi connectivity index (χ1v) is 9.79. The van der Waals surface area contributed by atoms with Crippen LogP contribution >= 0.6 is 22.9 Å². The van der Waals surface area contributed by atoms with Gasteiger partial charge in [-0.25, -0.2) is 13.8 Å². The van der Waals surface area contributed by atoms with Crippen LogP contribution in [-0.2, 0) is 16.0 Å². The van der Waals surface area contributed by atoms with Gasteiger partial charge in [0.1, 0.15) is 16.6 Å². The summed E-state index contributed by atoms with van der Waals surface area (Å²) in [4.78, 5) is 29.3. The topological polar surface area (TPSA) is 71.1 Å². The minimum atomic E-state index is -0.874. The van der Waals surface area contributed by atoms with E-state index in [4.69, 9.17) is 11.6 Å². The summed E-state index contributed by atoms with van der Waals surface area (Å²) in [5.74, 6) is -2.62. The molecule has 0 saturated heterocycles. The molecule has 0 radical (unpaired) electrons. The van der Waals surface area contributed by atoms with E-state index in [1.165, 1.54) is 35.6 Å². The number of amides is 2. The summed E-state index contributed by atoms with van der Waals surface area (Å²) >= 11 is 7.10. The molecule has 0 atom stereocenters. The Kier molecular flexibility index (Phi) is 6.56. The van der Waals surface area contributed by atoms with Gasteiger partial charge < -0.3 is 10.6 Å². The molecule has 0 unspecified atom stereocenters. The van der Waals surface area contributed by atoms with Crippen LogP contribution in [0.5, 0.6) is 0 Å². The zero-order chi connectivity index (χ0) is 21.0. The average molecular weight is 436 g/mol. The normalized spacial score (nSPS) is 10.6. The molecule has 1 heterocycles. The van der Waals surface area contributed by atoms with Crippen molar-refractivity contribution in [1.82, 2.24) is 10.3 Å². The van der Waals surface area contributed by atoms with Crippen molar-refractivity contribution in [3.05, 3.63) is 69.7 Å². The summed E-state index contributed by atoms with van der Waals surface area (Å²) < 4.78 is 26.2. The third-order valence-corrected chi connectivity index (χ3v) is 5.56. The fourth-order valence-corrected chi connectivity index (χ4v) is 3.76. The van der Waals surface area contributed by atoms with E-state index in [1.807, 2.05) is 6.92 Å². The van der Waals surface area contributed by atoms with Crippen molar-refractivity contribution in [2.24, 2.45) is 0 Å². The predicted molar refractivity (Wildman–Crippen MR) is 109 cm³/mol. The number of halogens is 3. The zero-order valence-electron chi connectivity index (χ0n) is 15.3. The second-order valence-corrected chi connectivity index (χ2v) is 7.61. The van der Waals surface area contributed by atoms with Crippen molar-refractivity contribution in [3.8, 4) is 10.6 Å². The molecule has 5 nitrogen and oxygen atoms in total. The fraction of sp³-hybridized carbons (Fsp3) is 0.150. The first kappa shape index (κ1) is 20.9. The standard InChI is InChI=1S/C20H16ClF2N3O2S/c1-11-17(29-20(25-11)12-2-4-13(22)5-3-12)8-9-24-18(27)19(28)26-14-6-7-16(23)15(21)10-14/h2-7,10H,8-9H2,1H3,(H,24,27)(H,26,28). The summed E-state index contributed by atoms with van der Waals surface area (Å²) in [6, 6.07) is 9.69. The Morgan fingerprint density at radius 3 is 2.52 bits per heavy atom. The zero-order valence-corrected chi connectivity index (χ0v) is 16.8. The summed E-state index contributed by atoms with van der Waals surface area (Å²) in [5, 5.41) is 5.50. The van der Waals surface area contributed by atoms with Crippen LogP contribution in [0, 0.1) is 18.6 Å². The maximum atomic E-state index is 13.1. The molecule has 29 heavy (non-hydrogen) atoms. The molecule has 0 fully saturated rings. The minimum Gasteiger partial charge on any atom is -0.347 e. The molecule has 0 aliphatic carbocycles. The molecule has 9 heteroatoms. The molecule has 0 aliphatic heterocycles. The van der Waals surface area contributed by atoms with Gasteiger partial charge in [0.2, 0.25) is 0 Å². The molecular formula is C20H16ClF2N3O2S. The van der Waals surface area contributed by atoms with Crippen molar-refractivity contribution >= 4 is 40.4 Å². The molecular weight excluding hydrogens is 420 g/mol. The number of carbonyl (C=O) groups is 2. The van der Waals surface area contributed by atoms with E-state index < -0.39 is 17.6 Å². The number of nitrogens with zero attached hydrogens (tertiary/aromatic N) is 1. The second-order valence-electron chi connectivity index (χ2n) is 6.12. The number of aromatic nitrogens is 1. The summed E-state index contributed by atoms with van der Waals surface area (Å²) in [5.41, 5.74) is 1.85. The van der Waals surface area contributed by atoms with E-state index in [2.05, 4.69) is 15.6 Å². The number of rotatable bonds is 5. The monoisotopic (exact) mass is 435 g/mol. The third-order valence-electron chi connectivity index (χ3n) is 4.01. The Hall–Kier alpha value is -2.84. The molecule has 0 spiro atoms. The van der Waals surface area contributed by atoms with Gasteiger partial charge in [0.05, 0.1) is 10.7 Å². The lowest BCUT2D eigenvalue weighted by Gasteiger charge is -2.07. The Morgan fingerprint density at radius 1 is 1.10 bits per heavy atom. The molecule has 3 rings (SSSR count). The van der Waals surface area contributed by atoms with Crippen LogP contribution in [0.4, 0.5) is 14.5 Å². The van der Waals surface area contributed by atoms with Gasteiger partial charge in [-0.05, 0) is 49.4 Å². The molecule has 1 aromatic heterocycles. The highest BCUT2D eigenvalue weighted by Crippen LogP contribution is 2.28. The van der Waals surface area contributed by atoms with E-state index in [-0.39, 0.29) is 23.1 Å². The number of hydrogen-bond donors (Lipinski definition) is 2. The fourth-order valence-electron chi connectivity index (χ4n) is 2.51. The molecule has 0 saturated carbocycles. The number of hydrogen-bond acceptors (Lipinski definition) is 4. The van der Waals surface area contributed by atoms with Crippen LogP contribution in [-0.4, -0.2) is 23.3 Å². The van der Waals surface area contributed by atoms with Gasteiger partial charge in [-0.15, -0.1) is 11.3 Å². The quantitative estimate of drug-likeness (QED) is 0.585. The van der Waals surface area contributed by atoms with E-state index >= 15 is 0 Å². The molecule has 0 aliphatic rings. The Labute approximate surface area is 174 Å². The van der Waals surface area contributed by atoms with Gasteiger partial charge in [0.25, 0.3) is 0 Å². The van der Waals surface area contributed by atoms with Gasteiger partial charge in [-0.2, -0.15) is 0 Å². The molecule has 2 N–H and O–H groups in total. The van der Waals surface area contributed by atoms with Crippen LogP contribution in [0.25, 0.3) is 10.6 Å². The first-order chi connectivity index (χ1) is 13.8. The summed E-state index contributed by atoms with van der Waals surface area (Å²) in [6.07, 6.45) is 0.492. The van der Waals surface area contributed by atoms with Crippen molar-refractivity contribution in [1.29, 1.82) is 0 Å². The average Bonchev–Trinajstić information content (AvgIpc) is 3.06. The number of aryl methyl sites for hydroxylation is 1. The lowest BCUT2D eigenvalue weighted by molar-refractivity contribution is -0.136. The maximum Gasteiger partial charge on any atom is 0.313 e. The summed E-state index contributed by atoms with van der Waals surface area (Å²) in [7, 11) is 0. The Bertz CT molecular complexity index is 1050. The number of carbonyl (C=O) groups excluding carboxylic acids is 2. The minimum absolute atomic E-state index is 0.152. The highest BCUT2D eigenvalue weighted by molar-refractivity contribution is 7.15. The number of benzene rings is 2. The van der Waals surface area contributed by atoms with Crippen LogP contribution in [0.15, 0.2) is 42.5 Å². The van der Waals surface area contributed by atoms with Gasteiger partial charge in [-0.3, -0.25) is 9.59 Å². The molecule has 2 aromatic carbocycles. The highest BCUT2D eigenvalue weighted by atomic mass is 35.5. The highest BCUT2D eigenvalue weighted by Gasteiger charge is 2.15. The van der Waals surface area contributed by atoms with Gasteiger partial charge in [-0.1, -0.05) is 11.6 Å². The van der Waals surface area contributed by atoms with Crippen LogP contribution in [0.1, 0.15) is 10.6 Å². The molecule has 0 bridgehead atoms. The van der Waals surface area contributed by atoms with Gasteiger partial charge in [0, 0.05) is 29.1 Å². The van der Waals surface area contributed by atoms with Gasteiger partial charge in [0.15, 0.2) is 0 Å². The largest absolute Gasteiger partial charge is 0.347 e. The van der Waals surface area contributed by atoms with Crippen LogP contribution < -0.4 is 10.6 Å². The van der Waals surface area contributed by atoms with Crippen molar-refractivity contribution in [2.75, 3.05) is 11.9 Å². The lowest BCUT2D eigenvalue weighted by Crippen LogP contribution is -2.36. The number of thiazole rings is 1. The van der Waals surface area contributed by atoms with E-state index in [9.17, 15) is 18.4 Å². The molecule has 2 amide bonds. The molecule has 3 aromatic rings. The lowest BCUT2D eigenvalue weighted by atomic mass is 10.2. The third kappa shape index (κ3) is 5.36. The van der Waals surface area contributed by atoms with Crippen LogP contribution in [0.3, 0.4) is 0 Å². The summed E-state index contributed by atoms with van der Waals surface area (Å²) in [6.45, 7) is 2.09. The van der Waals surface area contributed by atoms with Crippen molar-refractivity contribution in [2.45, 2.75) is 13.3 Å². The number of nitrogens with one attached hydrogen (secondary N) is 2.